The van der Waals surface area contributed by atoms with Crippen LogP contribution >= 0.6 is 0 Å². The zero-order valence-electron chi connectivity index (χ0n) is 11.6. The lowest BCUT2D eigenvalue weighted by Gasteiger charge is -2.34. The molecule has 0 spiro atoms. The highest BCUT2D eigenvalue weighted by Crippen LogP contribution is 2.42. The summed E-state index contributed by atoms with van der Waals surface area (Å²) in [7, 11) is 1.62. The molecule has 0 bridgehead atoms. The predicted molar refractivity (Wildman–Crippen MR) is 74.2 cm³/mol. The normalized spacial score (nSPS) is 19.7. The molecule has 1 aromatic rings. The number of benzene rings is 1. The van der Waals surface area contributed by atoms with Crippen LogP contribution in [0.15, 0.2) is 24.3 Å². The molecule has 1 aromatic carbocycles. The number of hydrogen-bond acceptors (Lipinski definition) is 3. The first-order chi connectivity index (χ1) is 9.10. The molecular weight excluding hydrogens is 242 g/mol. The Morgan fingerprint density at radius 2 is 1.79 bits per heavy atom. The van der Waals surface area contributed by atoms with Crippen LogP contribution in [0.4, 0.5) is 0 Å². The summed E-state index contributed by atoms with van der Waals surface area (Å²) >= 11 is 0. The summed E-state index contributed by atoms with van der Waals surface area (Å²) in [6.45, 7) is 1.98. The van der Waals surface area contributed by atoms with Crippen LogP contribution in [0.2, 0.25) is 0 Å². The molecule has 1 atom stereocenters. The van der Waals surface area contributed by atoms with Gasteiger partial charge in [0.1, 0.15) is 5.75 Å². The third kappa shape index (κ3) is 2.57. The lowest BCUT2D eigenvalue weighted by Crippen LogP contribution is -2.45. The van der Waals surface area contributed by atoms with Crippen LogP contribution in [0.1, 0.15) is 50.5 Å². The van der Waals surface area contributed by atoms with Crippen molar-refractivity contribution in [2.24, 2.45) is 0 Å². The van der Waals surface area contributed by atoms with Crippen molar-refractivity contribution in [2.45, 2.75) is 50.5 Å². The van der Waals surface area contributed by atoms with E-state index in [-0.39, 0.29) is 10.8 Å². The standard InChI is InChI=1S/C15H21NO3/c1-12(13-6-8-14(19-2)9-7-13)15(16(17)18)10-4-3-5-11-15/h6-9,12H,3-5,10-11H2,1-2H3. The molecule has 4 nitrogen and oxygen atoms in total. The number of nitro groups is 1. The van der Waals surface area contributed by atoms with Gasteiger partial charge in [0.15, 0.2) is 0 Å². The van der Waals surface area contributed by atoms with Gasteiger partial charge in [-0.3, -0.25) is 10.1 Å². The van der Waals surface area contributed by atoms with Gasteiger partial charge in [0.2, 0.25) is 5.54 Å². The van der Waals surface area contributed by atoms with E-state index in [0.29, 0.717) is 12.8 Å². The molecule has 0 aromatic heterocycles. The molecule has 1 fully saturated rings. The van der Waals surface area contributed by atoms with Crippen molar-refractivity contribution >= 4 is 0 Å². The molecular formula is C15H21NO3. The second-order valence-corrected chi connectivity index (χ2v) is 5.42. The Morgan fingerprint density at radius 1 is 1.21 bits per heavy atom. The van der Waals surface area contributed by atoms with E-state index in [2.05, 4.69) is 0 Å². The lowest BCUT2D eigenvalue weighted by molar-refractivity contribution is -0.579. The third-order valence-electron chi connectivity index (χ3n) is 4.50. The van der Waals surface area contributed by atoms with Gasteiger partial charge in [0.25, 0.3) is 0 Å². The van der Waals surface area contributed by atoms with Crippen molar-refractivity contribution in [3.8, 4) is 5.75 Å². The first-order valence-corrected chi connectivity index (χ1v) is 6.88. The van der Waals surface area contributed by atoms with Gasteiger partial charge in [0.05, 0.1) is 13.0 Å². The zero-order chi connectivity index (χ0) is 13.9. The predicted octanol–water partition coefficient (Wildman–Crippen LogP) is 3.78. The fraction of sp³-hybridized carbons (Fsp3) is 0.600. The summed E-state index contributed by atoms with van der Waals surface area (Å²) in [6, 6.07) is 7.65. The highest BCUT2D eigenvalue weighted by molar-refractivity contribution is 5.30. The van der Waals surface area contributed by atoms with Gasteiger partial charge in [-0.15, -0.1) is 0 Å². The first-order valence-electron chi connectivity index (χ1n) is 6.88. The second kappa shape index (κ2) is 5.59. The Morgan fingerprint density at radius 3 is 2.26 bits per heavy atom. The molecule has 4 heteroatoms. The van der Waals surface area contributed by atoms with Crippen LogP contribution < -0.4 is 4.74 Å². The van der Waals surface area contributed by atoms with E-state index in [1.165, 1.54) is 0 Å². The number of nitrogens with zero attached hydrogens (tertiary/aromatic N) is 1. The number of methoxy groups -OCH3 is 1. The summed E-state index contributed by atoms with van der Waals surface area (Å²) in [5, 5.41) is 11.6. The first kappa shape index (κ1) is 13.8. The van der Waals surface area contributed by atoms with Gasteiger partial charge in [-0.25, -0.2) is 0 Å². The maximum Gasteiger partial charge on any atom is 0.228 e. The van der Waals surface area contributed by atoms with Gasteiger partial charge >= 0.3 is 0 Å². The number of rotatable bonds is 4. The molecule has 1 unspecified atom stereocenters. The Labute approximate surface area is 113 Å². The van der Waals surface area contributed by atoms with Crippen LogP contribution in [-0.4, -0.2) is 17.6 Å². The number of hydrogen-bond donors (Lipinski definition) is 0. The molecule has 0 N–H and O–H groups in total. The van der Waals surface area contributed by atoms with Gasteiger partial charge in [-0.2, -0.15) is 0 Å². The van der Waals surface area contributed by atoms with Crippen molar-refractivity contribution in [3.63, 3.8) is 0 Å². The van der Waals surface area contributed by atoms with E-state index in [9.17, 15) is 10.1 Å². The maximum absolute atomic E-state index is 11.6. The Bertz CT molecular complexity index is 435. The molecule has 19 heavy (non-hydrogen) atoms. The molecule has 0 saturated heterocycles. The van der Waals surface area contributed by atoms with Crippen molar-refractivity contribution in [1.82, 2.24) is 0 Å². The minimum Gasteiger partial charge on any atom is -0.497 e. The SMILES string of the molecule is COc1ccc(C(C)C2([N+](=O)[O-])CCCCC2)cc1. The highest BCUT2D eigenvalue weighted by atomic mass is 16.6. The molecule has 0 radical (unpaired) electrons. The smallest absolute Gasteiger partial charge is 0.228 e. The van der Waals surface area contributed by atoms with Gasteiger partial charge < -0.3 is 4.74 Å². The average Bonchev–Trinajstić information content (AvgIpc) is 2.47. The Hall–Kier alpha value is -1.58. The van der Waals surface area contributed by atoms with Crippen LogP contribution in [0.3, 0.4) is 0 Å². The summed E-state index contributed by atoms with van der Waals surface area (Å²) in [6.07, 6.45) is 4.41. The van der Waals surface area contributed by atoms with E-state index in [4.69, 9.17) is 4.74 Å². The van der Waals surface area contributed by atoms with Crippen molar-refractivity contribution < 1.29 is 9.66 Å². The molecule has 1 aliphatic rings. The zero-order valence-corrected chi connectivity index (χ0v) is 11.6. The summed E-state index contributed by atoms with van der Waals surface area (Å²) in [5.74, 6) is 0.725. The Balaban J connectivity index is 2.27. The lowest BCUT2D eigenvalue weighted by atomic mass is 9.71. The Kier molecular flexibility index (Phi) is 4.08. The molecule has 0 aliphatic heterocycles. The fourth-order valence-electron chi connectivity index (χ4n) is 3.14. The van der Waals surface area contributed by atoms with Gasteiger partial charge in [0, 0.05) is 17.8 Å². The van der Waals surface area contributed by atoms with E-state index < -0.39 is 5.54 Å². The molecule has 1 aliphatic carbocycles. The van der Waals surface area contributed by atoms with E-state index in [0.717, 1.165) is 30.6 Å². The van der Waals surface area contributed by atoms with Crippen molar-refractivity contribution in [1.29, 1.82) is 0 Å². The largest absolute Gasteiger partial charge is 0.497 e. The summed E-state index contributed by atoms with van der Waals surface area (Å²) in [5.41, 5.74) is 0.242. The van der Waals surface area contributed by atoms with E-state index in [1.54, 1.807) is 7.11 Å². The molecule has 0 heterocycles. The quantitative estimate of drug-likeness (QED) is 0.613. The van der Waals surface area contributed by atoms with E-state index in [1.807, 2.05) is 31.2 Å². The molecule has 0 amide bonds. The van der Waals surface area contributed by atoms with Crippen LogP contribution in [0.25, 0.3) is 0 Å². The van der Waals surface area contributed by atoms with Crippen molar-refractivity contribution in [2.75, 3.05) is 7.11 Å². The van der Waals surface area contributed by atoms with Crippen LogP contribution in [0.5, 0.6) is 5.75 Å². The van der Waals surface area contributed by atoms with Crippen molar-refractivity contribution in [3.05, 3.63) is 39.9 Å². The second-order valence-electron chi connectivity index (χ2n) is 5.42. The van der Waals surface area contributed by atoms with Crippen LogP contribution in [0, 0.1) is 10.1 Å². The van der Waals surface area contributed by atoms with E-state index >= 15 is 0 Å². The average molecular weight is 263 g/mol. The number of ether oxygens (including phenoxy) is 1. The molecule has 2 rings (SSSR count). The molecule has 104 valence electrons. The van der Waals surface area contributed by atoms with Gasteiger partial charge in [-0.1, -0.05) is 25.5 Å². The topological polar surface area (TPSA) is 52.4 Å². The molecule has 1 saturated carbocycles. The maximum atomic E-state index is 11.6. The third-order valence-corrected chi connectivity index (χ3v) is 4.50. The fourth-order valence-corrected chi connectivity index (χ4v) is 3.14. The highest BCUT2D eigenvalue weighted by Gasteiger charge is 2.49. The minimum absolute atomic E-state index is 0.0406. The van der Waals surface area contributed by atoms with Gasteiger partial charge in [-0.05, 0) is 30.5 Å². The van der Waals surface area contributed by atoms with Crippen LogP contribution in [-0.2, 0) is 0 Å². The minimum atomic E-state index is -0.785. The monoisotopic (exact) mass is 263 g/mol. The summed E-state index contributed by atoms with van der Waals surface area (Å²) < 4.78 is 5.13. The summed E-state index contributed by atoms with van der Waals surface area (Å²) in [4.78, 5) is 11.6.